The Morgan fingerprint density at radius 2 is 1.93 bits per heavy atom. The highest BCUT2D eigenvalue weighted by atomic mass is 32.1. The number of ketones is 1. The van der Waals surface area contributed by atoms with E-state index in [-0.39, 0.29) is 0 Å². The van der Waals surface area contributed by atoms with E-state index in [2.05, 4.69) is 35.2 Å². The van der Waals surface area contributed by atoms with Crippen molar-refractivity contribution >= 4 is 32.9 Å². The van der Waals surface area contributed by atoms with Crippen molar-refractivity contribution in [3.8, 4) is 11.1 Å². The Bertz CT molecular complexity index is 1000. The number of thiophene rings is 1. The first-order chi connectivity index (χ1) is 13.2. The third-order valence-corrected chi connectivity index (χ3v) is 7.48. The number of fused-ring (bicyclic) bond motifs is 4. The van der Waals surface area contributed by atoms with Gasteiger partial charge in [0.05, 0.1) is 4.88 Å². The zero-order chi connectivity index (χ0) is 18.4. The molecule has 4 heteroatoms. The monoisotopic (exact) mass is 376 g/mol. The average Bonchev–Trinajstić information content (AvgIpc) is 3.13. The number of anilines is 1. The first kappa shape index (κ1) is 17.0. The van der Waals surface area contributed by atoms with Crippen LogP contribution in [0.3, 0.4) is 0 Å². The summed E-state index contributed by atoms with van der Waals surface area (Å²) in [5.74, 6) is 1.60. The molecule has 0 saturated carbocycles. The Labute approximate surface area is 163 Å². The molecule has 1 aromatic heterocycles. The predicted molar refractivity (Wildman–Crippen MR) is 113 cm³/mol. The summed E-state index contributed by atoms with van der Waals surface area (Å²) in [6, 6.07) is 16.3. The number of rotatable bonds is 4. The van der Waals surface area contributed by atoms with Gasteiger partial charge in [-0.05, 0) is 72.5 Å². The number of nitrogens with two attached hydrogens (primary N) is 1. The fourth-order valence-electron chi connectivity index (χ4n) is 4.79. The fourth-order valence-corrected chi connectivity index (χ4v) is 5.94. The van der Waals surface area contributed by atoms with Gasteiger partial charge in [-0.3, -0.25) is 4.79 Å². The van der Waals surface area contributed by atoms with Gasteiger partial charge in [0.15, 0.2) is 5.78 Å². The second kappa shape index (κ2) is 6.77. The van der Waals surface area contributed by atoms with Crippen LogP contribution in [0.4, 0.5) is 5.69 Å². The number of hydrogen-bond donors (Lipinski definition) is 1. The van der Waals surface area contributed by atoms with Crippen molar-refractivity contribution < 1.29 is 4.79 Å². The maximum absolute atomic E-state index is 13.0. The Morgan fingerprint density at radius 1 is 1.11 bits per heavy atom. The van der Waals surface area contributed by atoms with Crippen LogP contribution in [0.5, 0.6) is 0 Å². The van der Waals surface area contributed by atoms with E-state index in [1.807, 2.05) is 18.2 Å². The van der Waals surface area contributed by atoms with Crippen molar-refractivity contribution in [2.45, 2.75) is 19.3 Å². The minimum Gasteiger partial charge on any atom is -0.399 e. The van der Waals surface area contributed by atoms with Crippen LogP contribution >= 0.6 is 11.3 Å². The van der Waals surface area contributed by atoms with E-state index in [0.717, 1.165) is 39.5 Å². The first-order valence-corrected chi connectivity index (χ1v) is 10.6. The van der Waals surface area contributed by atoms with E-state index in [9.17, 15) is 4.79 Å². The van der Waals surface area contributed by atoms with Crippen molar-refractivity contribution in [3.05, 3.63) is 53.4 Å². The van der Waals surface area contributed by atoms with E-state index in [0.29, 0.717) is 18.1 Å². The van der Waals surface area contributed by atoms with Crippen LogP contribution in [-0.4, -0.2) is 30.3 Å². The van der Waals surface area contributed by atoms with Crippen molar-refractivity contribution in [1.82, 2.24) is 4.90 Å². The molecule has 138 valence electrons. The minimum absolute atomic E-state index is 0.313. The van der Waals surface area contributed by atoms with Crippen molar-refractivity contribution in [2.24, 2.45) is 11.8 Å². The quantitative estimate of drug-likeness (QED) is 0.511. The third kappa shape index (κ3) is 3.17. The summed E-state index contributed by atoms with van der Waals surface area (Å²) in [5.41, 5.74) is 9.01. The molecule has 2 bridgehead atoms. The molecular weight excluding hydrogens is 352 g/mol. The predicted octanol–water partition coefficient (Wildman–Crippen LogP) is 5.07. The molecule has 2 aromatic carbocycles. The molecule has 0 radical (unpaired) electrons. The number of benzene rings is 2. The topological polar surface area (TPSA) is 46.3 Å². The molecule has 3 nitrogen and oxygen atoms in total. The number of carbonyl (C=O) groups excluding carboxylic acids is 1. The lowest BCUT2D eigenvalue weighted by atomic mass is 9.76. The molecule has 0 spiro atoms. The van der Waals surface area contributed by atoms with Crippen LogP contribution in [0, 0.1) is 11.8 Å². The number of hydrogen-bond acceptors (Lipinski definition) is 4. The minimum atomic E-state index is 0.313. The molecule has 3 fully saturated rings. The summed E-state index contributed by atoms with van der Waals surface area (Å²) in [5, 5.41) is 1.15. The molecule has 1 atom stereocenters. The molecule has 3 aliphatic rings. The smallest absolute Gasteiger partial charge is 0.173 e. The Morgan fingerprint density at radius 3 is 2.67 bits per heavy atom. The molecule has 27 heavy (non-hydrogen) atoms. The molecular formula is C23H24N2OS. The highest BCUT2D eigenvalue weighted by molar-refractivity contribution is 7.21. The van der Waals surface area contributed by atoms with Gasteiger partial charge < -0.3 is 10.6 Å². The van der Waals surface area contributed by atoms with Gasteiger partial charge in [0.25, 0.3) is 0 Å². The van der Waals surface area contributed by atoms with Gasteiger partial charge in [-0.1, -0.05) is 30.3 Å². The Balaban J connectivity index is 1.44. The van der Waals surface area contributed by atoms with E-state index in [1.165, 1.54) is 30.6 Å². The van der Waals surface area contributed by atoms with Gasteiger partial charge in [-0.25, -0.2) is 0 Å². The molecule has 2 N–H and O–H groups in total. The fraction of sp³-hybridized carbons (Fsp3) is 0.348. The molecule has 0 amide bonds. The lowest BCUT2D eigenvalue weighted by Gasteiger charge is -2.44. The van der Waals surface area contributed by atoms with Gasteiger partial charge in [0, 0.05) is 23.4 Å². The summed E-state index contributed by atoms with van der Waals surface area (Å²) >= 11 is 1.64. The van der Waals surface area contributed by atoms with Gasteiger partial charge >= 0.3 is 0 Å². The highest BCUT2D eigenvalue weighted by Crippen LogP contribution is 2.38. The van der Waals surface area contributed by atoms with E-state index in [4.69, 9.17) is 5.73 Å². The van der Waals surface area contributed by atoms with Gasteiger partial charge in [-0.15, -0.1) is 11.3 Å². The van der Waals surface area contributed by atoms with Crippen LogP contribution in [0.15, 0.2) is 48.5 Å². The maximum atomic E-state index is 13.0. The second-order valence-electron chi connectivity index (χ2n) is 7.99. The molecule has 6 rings (SSSR count). The molecule has 3 aromatic rings. The molecule has 0 unspecified atom stereocenters. The number of Topliss-reactive ketones (excluding diaryl/α,β-unsaturated/α-hetero) is 1. The number of piperidine rings is 3. The number of carbonyl (C=O) groups is 1. The molecule has 3 aliphatic heterocycles. The van der Waals surface area contributed by atoms with Crippen LogP contribution in [0.1, 0.15) is 28.9 Å². The van der Waals surface area contributed by atoms with E-state index < -0.39 is 0 Å². The van der Waals surface area contributed by atoms with Crippen molar-refractivity contribution in [1.29, 1.82) is 0 Å². The normalized spacial score (nSPS) is 24.4. The van der Waals surface area contributed by atoms with Crippen molar-refractivity contribution in [2.75, 3.05) is 25.4 Å². The first-order valence-electron chi connectivity index (χ1n) is 9.81. The maximum Gasteiger partial charge on any atom is 0.173 e. The number of nitrogen functional groups attached to an aromatic ring is 1. The molecule has 4 heterocycles. The Hall–Kier alpha value is -2.17. The van der Waals surface area contributed by atoms with Crippen LogP contribution in [0.25, 0.3) is 21.2 Å². The average molecular weight is 377 g/mol. The van der Waals surface area contributed by atoms with Gasteiger partial charge in [0.1, 0.15) is 0 Å². The summed E-state index contributed by atoms with van der Waals surface area (Å²) in [6.45, 7) is 3.56. The molecule has 3 saturated heterocycles. The SMILES string of the molecule is Nc1cccc(-c2cccc3cc(C(=O)C[C@H]4CN5CCC4CC5)sc23)c1. The van der Waals surface area contributed by atoms with Crippen molar-refractivity contribution in [3.63, 3.8) is 0 Å². The van der Waals surface area contributed by atoms with E-state index in [1.54, 1.807) is 11.3 Å². The number of nitrogens with zero attached hydrogens (tertiary/aromatic N) is 1. The lowest BCUT2D eigenvalue weighted by molar-refractivity contribution is 0.0442. The summed E-state index contributed by atoms with van der Waals surface area (Å²) in [7, 11) is 0. The van der Waals surface area contributed by atoms with Crippen LogP contribution < -0.4 is 5.73 Å². The highest BCUT2D eigenvalue weighted by Gasteiger charge is 2.35. The zero-order valence-electron chi connectivity index (χ0n) is 15.4. The van der Waals surface area contributed by atoms with Crippen LogP contribution in [-0.2, 0) is 0 Å². The zero-order valence-corrected chi connectivity index (χ0v) is 16.2. The summed E-state index contributed by atoms with van der Waals surface area (Å²) in [4.78, 5) is 16.5. The summed E-state index contributed by atoms with van der Waals surface area (Å²) < 4.78 is 1.18. The van der Waals surface area contributed by atoms with E-state index >= 15 is 0 Å². The second-order valence-corrected chi connectivity index (χ2v) is 9.04. The summed E-state index contributed by atoms with van der Waals surface area (Å²) in [6.07, 6.45) is 3.23. The van der Waals surface area contributed by atoms with Crippen LogP contribution in [0.2, 0.25) is 0 Å². The standard InChI is InChI=1S/C23H24N2OS/c24-19-5-1-3-16(11-19)20-6-2-4-17-13-22(27-23(17)20)21(26)12-18-14-25-9-7-15(18)8-10-25/h1-6,11,13,15,18H,7-10,12,14,24H2/t18-/m0/s1. The Kier molecular flexibility index (Phi) is 4.25. The largest absolute Gasteiger partial charge is 0.399 e. The third-order valence-electron chi connectivity index (χ3n) is 6.26. The van der Waals surface area contributed by atoms with Gasteiger partial charge in [0.2, 0.25) is 0 Å². The van der Waals surface area contributed by atoms with Gasteiger partial charge in [-0.2, -0.15) is 0 Å². The lowest BCUT2D eigenvalue weighted by Crippen LogP contribution is -2.47. The molecule has 0 aliphatic carbocycles.